The van der Waals surface area contributed by atoms with Crippen molar-refractivity contribution in [2.24, 2.45) is 15.7 Å². The Hall–Kier alpha value is -5.04. The van der Waals surface area contributed by atoms with Crippen LogP contribution in [-0.2, 0) is 0 Å². The number of nitrogens with two attached hydrogens (primary N) is 1. The molecular formula is C35H36N6O. The molecule has 0 unspecified atom stereocenters. The molecule has 7 heteroatoms. The summed E-state index contributed by atoms with van der Waals surface area (Å²) in [7, 11) is 0. The predicted molar refractivity (Wildman–Crippen MR) is 172 cm³/mol. The van der Waals surface area contributed by atoms with Crippen molar-refractivity contribution in [3.63, 3.8) is 0 Å². The van der Waals surface area contributed by atoms with Crippen LogP contribution in [0.2, 0.25) is 0 Å². The highest BCUT2D eigenvalue weighted by molar-refractivity contribution is 6.05. The lowest BCUT2D eigenvalue weighted by molar-refractivity contribution is 0.477. The van der Waals surface area contributed by atoms with Crippen molar-refractivity contribution >= 4 is 17.4 Å². The molecule has 212 valence electrons. The van der Waals surface area contributed by atoms with E-state index >= 15 is 0 Å². The van der Waals surface area contributed by atoms with Gasteiger partial charge in [0.25, 0.3) is 0 Å². The van der Waals surface area contributed by atoms with E-state index in [0.29, 0.717) is 17.4 Å². The molecule has 0 radical (unpaired) electrons. The Labute approximate surface area is 247 Å². The van der Waals surface area contributed by atoms with Gasteiger partial charge >= 0.3 is 0 Å². The third-order valence-electron chi connectivity index (χ3n) is 7.17. The third-order valence-corrected chi connectivity index (χ3v) is 7.17. The van der Waals surface area contributed by atoms with Crippen molar-refractivity contribution in [2.45, 2.75) is 46.5 Å². The maximum atomic E-state index is 10.1. The first-order chi connectivity index (χ1) is 20.2. The number of aromatic nitrogens is 3. The molecule has 0 fully saturated rings. The van der Waals surface area contributed by atoms with Gasteiger partial charge in [0, 0.05) is 11.1 Å². The normalized spacial score (nSPS) is 12.4. The highest BCUT2D eigenvalue weighted by atomic mass is 16.3. The lowest BCUT2D eigenvalue weighted by Crippen LogP contribution is -2.15. The van der Waals surface area contributed by atoms with Crippen LogP contribution in [0.4, 0.5) is 5.69 Å². The van der Waals surface area contributed by atoms with E-state index in [-0.39, 0.29) is 17.6 Å². The number of aromatic hydroxyl groups is 1. The number of phenols is 1. The number of phenolic OH excluding ortho intramolecular Hbond substituents is 1. The fourth-order valence-corrected chi connectivity index (χ4v) is 5.05. The van der Waals surface area contributed by atoms with Crippen molar-refractivity contribution in [1.29, 1.82) is 0 Å². The molecule has 0 atom stereocenters. The molecule has 0 saturated carbocycles. The first-order valence-corrected chi connectivity index (χ1v) is 14.1. The van der Waals surface area contributed by atoms with E-state index in [1.165, 1.54) is 22.3 Å². The Kier molecular flexibility index (Phi) is 8.29. The van der Waals surface area contributed by atoms with Gasteiger partial charge in [-0.15, -0.1) is 10.2 Å². The van der Waals surface area contributed by atoms with Crippen molar-refractivity contribution in [1.82, 2.24) is 14.8 Å². The van der Waals surface area contributed by atoms with Gasteiger partial charge in [-0.05, 0) is 71.3 Å². The zero-order valence-electron chi connectivity index (χ0n) is 24.7. The average molecular weight is 557 g/mol. The SMILES string of the molecule is CC(=Nc1ccccc1O)N=C(N)c1cccc(-c2nncn2-c2c(C(C)C)cc(-c3ccccc3)cc2C(C)C)c1. The number of aliphatic imine (C=N–C) groups is 2. The number of amidine groups is 2. The molecule has 0 spiro atoms. The Balaban J connectivity index is 1.58. The molecule has 0 aliphatic carbocycles. The summed E-state index contributed by atoms with van der Waals surface area (Å²) in [5, 5.41) is 18.9. The number of hydrogen-bond acceptors (Lipinski definition) is 4. The second kappa shape index (κ2) is 12.2. The Morgan fingerprint density at radius 2 is 1.43 bits per heavy atom. The standard InChI is InChI=1S/C35H36N6O/c1-22(2)29-19-28(25-12-7-6-8-13-25)20-30(23(3)4)33(29)41-21-37-40-35(41)27-15-11-14-26(18-27)34(36)39-24(5)38-31-16-9-10-17-32(31)42/h6-23,42H,1-5H3,(H2,36,38,39). The lowest BCUT2D eigenvalue weighted by atomic mass is 9.88. The van der Waals surface area contributed by atoms with Crippen molar-refractivity contribution in [2.75, 3.05) is 0 Å². The lowest BCUT2D eigenvalue weighted by Gasteiger charge is -2.23. The van der Waals surface area contributed by atoms with Gasteiger partial charge in [0.2, 0.25) is 0 Å². The maximum Gasteiger partial charge on any atom is 0.168 e. The van der Waals surface area contributed by atoms with Crippen LogP contribution in [0.5, 0.6) is 5.75 Å². The summed E-state index contributed by atoms with van der Waals surface area (Å²) >= 11 is 0. The summed E-state index contributed by atoms with van der Waals surface area (Å²) in [4.78, 5) is 8.89. The molecular weight excluding hydrogens is 520 g/mol. The van der Waals surface area contributed by atoms with E-state index in [1.807, 2.05) is 36.4 Å². The molecule has 3 N–H and O–H groups in total. The van der Waals surface area contributed by atoms with Gasteiger partial charge in [0.1, 0.15) is 29.4 Å². The molecule has 0 aliphatic heterocycles. The van der Waals surface area contributed by atoms with Crippen LogP contribution in [-0.4, -0.2) is 31.5 Å². The summed E-state index contributed by atoms with van der Waals surface area (Å²) in [6.45, 7) is 10.6. The summed E-state index contributed by atoms with van der Waals surface area (Å²) in [5.74, 6) is 2.11. The van der Waals surface area contributed by atoms with Crippen molar-refractivity contribution < 1.29 is 5.11 Å². The Bertz CT molecular complexity index is 1740. The van der Waals surface area contributed by atoms with Gasteiger partial charge in [0.05, 0.1) is 5.69 Å². The molecule has 0 saturated heterocycles. The van der Waals surface area contributed by atoms with E-state index in [2.05, 4.69) is 88.8 Å². The average Bonchev–Trinajstić information content (AvgIpc) is 3.48. The second-order valence-electron chi connectivity index (χ2n) is 10.9. The van der Waals surface area contributed by atoms with Crippen LogP contribution in [0, 0.1) is 0 Å². The molecule has 4 aromatic carbocycles. The van der Waals surface area contributed by atoms with Gasteiger partial charge in [-0.3, -0.25) is 4.57 Å². The fraction of sp³-hybridized carbons (Fsp3) is 0.200. The highest BCUT2D eigenvalue weighted by Crippen LogP contribution is 2.37. The predicted octanol–water partition coefficient (Wildman–Crippen LogP) is 8.01. The second-order valence-corrected chi connectivity index (χ2v) is 10.9. The van der Waals surface area contributed by atoms with Gasteiger partial charge in [-0.25, -0.2) is 9.98 Å². The molecule has 0 amide bonds. The number of rotatable bonds is 7. The van der Waals surface area contributed by atoms with Crippen LogP contribution >= 0.6 is 0 Å². The number of nitrogens with zero attached hydrogens (tertiary/aromatic N) is 5. The summed E-state index contributed by atoms with van der Waals surface area (Å²) in [5.41, 5.74) is 14.4. The number of para-hydroxylation sites is 2. The molecule has 1 heterocycles. The van der Waals surface area contributed by atoms with Gasteiger partial charge in [-0.1, -0.05) is 88.4 Å². The number of hydrogen-bond donors (Lipinski definition) is 2. The van der Waals surface area contributed by atoms with Crippen LogP contribution in [0.3, 0.4) is 0 Å². The minimum Gasteiger partial charge on any atom is -0.506 e. The molecule has 42 heavy (non-hydrogen) atoms. The van der Waals surface area contributed by atoms with E-state index in [4.69, 9.17) is 5.73 Å². The summed E-state index contributed by atoms with van der Waals surface area (Å²) in [6, 6.07) is 29.8. The fourth-order valence-electron chi connectivity index (χ4n) is 5.05. The zero-order chi connectivity index (χ0) is 29.8. The largest absolute Gasteiger partial charge is 0.506 e. The van der Waals surface area contributed by atoms with Crippen LogP contribution in [0.1, 0.15) is 63.1 Å². The molecule has 5 aromatic rings. The Morgan fingerprint density at radius 3 is 2.10 bits per heavy atom. The van der Waals surface area contributed by atoms with Crippen molar-refractivity contribution in [3.8, 4) is 34.0 Å². The van der Waals surface area contributed by atoms with E-state index in [1.54, 1.807) is 31.5 Å². The van der Waals surface area contributed by atoms with Crippen molar-refractivity contribution in [3.05, 3.63) is 114 Å². The molecule has 1 aromatic heterocycles. The molecule has 0 aliphatic rings. The Morgan fingerprint density at radius 1 is 0.786 bits per heavy atom. The monoisotopic (exact) mass is 556 g/mol. The maximum absolute atomic E-state index is 10.1. The minimum atomic E-state index is 0.0882. The zero-order valence-corrected chi connectivity index (χ0v) is 24.7. The third kappa shape index (κ3) is 6.00. The van der Waals surface area contributed by atoms with Gasteiger partial charge < -0.3 is 10.8 Å². The first kappa shape index (κ1) is 28.5. The van der Waals surface area contributed by atoms with E-state index in [9.17, 15) is 5.11 Å². The van der Waals surface area contributed by atoms with E-state index < -0.39 is 0 Å². The quantitative estimate of drug-likeness (QED) is 0.157. The molecule has 7 nitrogen and oxygen atoms in total. The van der Waals surface area contributed by atoms with Crippen LogP contribution < -0.4 is 5.73 Å². The summed E-state index contributed by atoms with van der Waals surface area (Å²) < 4.78 is 2.09. The van der Waals surface area contributed by atoms with Crippen LogP contribution in [0.25, 0.3) is 28.2 Å². The van der Waals surface area contributed by atoms with Crippen LogP contribution in [0.15, 0.2) is 107 Å². The minimum absolute atomic E-state index is 0.0882. The number of benzene rings is 4. The van der Waals surface area contributed by atoms with Gasteiger partial charge in [0.15, 0.2) is 5.82 Å². The van der Waals surface area contributed by atoms with Gasteiger partial charge in [-0.2, -0.15) is 0 Å². The summed E-state index contributed by atoms with van der Waals surface area (Å²) in [6.07, 6.45) is 1.79. The molecule has 0 bridgehead atoms. The topological polar surface area (TPSA) is 102 Å². The molecule has 5 rings (SSSR count). The smallest absolute Gasteiger partial charge is 0.168 e. The van der Waals surface area contributed by atoms with E-state index in [0.717, 1.165) is 22.6 Å². The first-order valence-electron chi connectivity index (χ1n) is 14.1. The highest BCUT2D eigenvalue weighted by Gasteiger charge is 2.21.